The van der Waals surface area contributed by atoms with Gasteiger partial charge in [-0.3, -0.25) is 14.4 Å². The van der Waals surface area contributed by atoms with Crippen molar-refractivity contribution in [3.05, 3.63) is 89.1 Å². The van der Waals surface area contributed by atoms with Crippen LogP contribution in [-0.4, -0.2) is 34.2 Å². The number of fused-ring (bicyclic) bond motifs is 3. The van der Waals surface area contributed by atoms with Gasteiger partial charge >= 0.3 is 0 Å². The number of hydrogen-bond donors (Lipinski definition) is 2. The number of pyridine rings is 1. The number of likely N-dealkylation sites (tertiary alicyclic amines) is 1. The lowest BCUT2D eigenvalue weighted by Crippen LogP contribution is -2.47. The highest BCUT2D eigenvalue weighted by Crippen LogP contribution is 2.56. The van der Waals surface area contributed by atoms with Gasteiger partial charge in [-0.25, -0.2) is 4.98 Å². The van der Waals surface area contributed by atoms with Crippen LogP contribution in [0.1, 0.15) is 54.0 Å². The van der Waals surface area contributed by atoms with Crippen LogP contribution in [0.2, 0.25) is 0 Å². The topological polar surface area (TPSA) is 91.4 Å². The van der Waals surface area contributed by atoms with E-state index in [1.807, 2.05) is 60.7 Å². The van der Waals surface area contributed by atoms with E-state index in [1.165, 1.54) is 0 Å². The summed E-state index contributed by atoms with van der Waals surface area (Å²) in [6, 6.07) is 19.6. The van der Waals surface area contributed by atoms with Crippen LogP contribution < -0.4 is 10.6 Å². The van der Waals surface area contributed by atoms with Gasteiger partial charge in [0.2, 0.25) is 17.7 Å². The molecule has 1 saturated heterocycles. The molecular formula is C30H28N4O3. The van der Waals surface area contributed by atoms with Crippen molar-refractivity contribution >= 4 is 29.2 Å². The van der Waals surface area contributed by atoms with Crippen LogP contribution in [0, 0.1) is 5.41 Å². The first-order chi connectivity index (χ1) is 18.0. The second-order valence-electron chi connectivity index (χ2n) is 11.0. The maximum Gasteiger partial charge on any atom is 0.244 e. The average Bonchev–Trinajstić information content (AvgIpc) is 3.51. The van der Waals surface area contributed by atoms with Crippen molar-refractivity contribution in [1.29, 1.82) is 0 Å². The summed E-state index contributed by atoms with van der Waals surface area (Å²) >= 11 is 0. The standard InChI is InChI=1S/C30H28N4O3/c35-25(18-34-24(19-5-2-1-3-6-19)10-11-29(12-13-29)28(34)37)32-22-9-8-20-16-30(17-21(20)15-22)23-7-4-14-31-26(23)33-27(30)36/h1-9,14-15,24H,10-13,16-18H2,(H,32,35)(H,31,33,36)/t24-,30+/m0/s1. The van der Waals surface area contributed by atoms with E-state index in [1.54, 1.807) is 11.1 Å². The number of carbonyl (C=O) groups excluding carboxylic acids is 3. The molecule has 3 aromatic rings. The second-order valence-corrected chi connectivity index (χ2v) is 11.0. The summed E-state index contributed by atoms with van der Waals surface area (Å²) in [5.74, 6) is 0.528. The average molecular weight is 493 g/mol. The molecular weight excluding hydrogens is 464 g/mol. The molecule has 1 saturated carbocycles. The summed E-state index contributed by atoms with van der Waals surface area (Å²) in [5.41, 5.74) is 3.97. The van der Waals surface area contributed by atoms with Crippen LogP contribution in [0.5, 0.6) is 0 Å². The van der Waals surface area contributed by atoms with E-state index in [0.717, 1.165) is 47.9 Å². The molecule has 2 spiro atoms. The third-order valence-electron chi connectivity index (χ3n) is 8.80. The summed E-state index contributed by atoms with van der Waals surface area (Å²) in [5, 5.41) is 5.96. The van der Waals surface area contributed by atoms with Crippen LogP contribution >= 0.6 is 0 Å². The number of rotatable bonds is 4. The number of carbonyl (C=O) groups is 3. The minimum atomic E-state index is -0.643. The van der Waals surface area contributed by atoms with Crippen molar-refractivity contribution in [2.75, 3.05) is 17.2 Å². The highest BCUT2D eigenvalue weighted by molar-refractivity contribution is 6.06. The predicted octanol–water partition coefficient (Wildman–Crippen LogP) is 4.15. The Balaban J connectivity index is 1.10. The van der Waals surface area contributed by atoms with Gasteiger partial charge in [0.1, 0.15) is 12.4 Å². The summed E-state index contributed by atoms with van der Waals surface area (Å²) < 4.78 is 0. The molecule has 7 nitrogen and oxygen atoms in total. The van der Waals surface area contributed by atoms with Gasteiger partial charge in [-0.15, -0.1) is 0 Å². The lowest BCUT2D eigenvalue weighted by atomic mass is 9.79. The zero-order valence-corrected chi connectivity index (χ0v) is 20.5. The van der Waals surface area contributed by atoms with Crippen molar-refractivity contribution in [2.45, 2.75) is 50.0 Å². The molecule has 2 N–H and O–H groups in total. The van der Waals surface area contributed by atoms with E-state index in [-0.39, 0.29) is 35.7 Å². The maximum atomic E-state index is 13.4. The molecule has 2 fully saturated rings. The molecule has 2 atom stereocenters. The van der Waals surface area contributed by atoms with Gasteiger partial charge in [0.25, 0.3) is 0 Å². The molecule has 4 aliphatic rings. The minimum absolute atomic E-state index is 0.0208. The van der Waals surface area contributed by atoms with Crippen molar-refractivity contribution < 1.29 is 14.4 Å². The molecule has 1 aromatic heterocycles. The molecule has 0 bridgehead atoms. The number of aromatic nitrogens is 1. The zero-order valence-electron chi connectivity index (χ0n) is 20.5. The van der Waals surface area contributed by atoms with Gasteiger partial charge in [-0.2, -0.15) is 0 Å². The summed E-state index contributed by atoms with van der Waals surface area (Å²) in [7, 11) is 0. The normalized spacial score (nSPS) is 24.6. The Morgan fingerprint density at radius 2 is 1.81 bits per heavy atom. The van der Waals surface area contributed by atoms with Crippen LogP contribution in [0.4, 0.5) is 11.5 Å². The van der Waals surface area contributed by atoms with E-state index in [2.05, 4.69) is 15.6 Å². The van der Waals surface area contributed by atoms with E-state index < -0.39 is 5.41 Å². The molecule has 2 aromatic carbocycles. The zero-order chi connectivity index (χ0) is 25.2. The fourth-order valence-corrected chi connectivity index (χ4v) is 6.64. The van der Waals surface area contributed by atoms with Gasteiger partial charge < -0.3 is 15.5 Å². The van der Waals surface area contributed by atoms with Crippen molar-refractivity contribution in [1.82, 2.24) is 9.88 Å². The quantitative estimate of drug-likeness (QED) is 0.572. The van der Waals surface area contributed by atoms with Gasteiger partial charge in [-0.05, 0) is 73.4 Å². The monoisotopic (exact) mass is 492 g/mol. The Hall–Kier alpha value is -4.00. The van der Waals surface area contributed by atoms with Crippen LogP contribution in [-0.2, 0) is 32.6 Å². The molecule has 37 heavy (non-hydrogen) atoms. The lowest BCUT2D eigenvalue weighted by molar-refractivity contribution is -0.146. The Labute approximate surface area is 215 Å². The molecule has 0 radical (unpaired) electrons. The van der Waals surface area contributed by atoms with E-state index in [0.29, 0.717) is 24.3 Å². The first kappa shape index (κ1) is 22.2. The van der Waals surface area contributed by atoms with Gasteiger partial charge in [0.15, 0.2) is 0 Å². The van der Waals surface area contributed by atoms with E-state index in [9.17, 15) is 14.4 Å². The number of benzene rings is 2. The van der Waals surface area contributed by atoms with Crippen LogP contribution in [0.3, 0.4) is 0 Å². The molecule has 7 rings (SSSR count). The van der Waals surface area contributed by atoms with E-state index in [4.69, 9.17) is 0 Å². The Morgan fingerprint density at radius 1 is 1.00 bits per heavy atom. The minimum Gasteiger partial charge on any atom is -0.326 e. The van der Waals surface area contributed by atoms with Gasteiger partial charge in [0, 0.05) is 22.9 Å². The SMILES string of the molecule is O=C(CN1C(=O)C2(CC[C@H]1c1ccccc1)CC2)Nc1ccc2c(c1)C[C@@]1(C2)C(=O)Nc2ncccc21. The smallest absolute Gasteiger partial charge is 0.244 e. The number of anilines is 2. The van der Waals surface area contributed by atoms with Crippen molar-refractivity contribution in [3.63, 3.8) is 0 Å². The van der Waals surface area contributed by atoms with Gasteiger partial charge in [0.05, 0.1) is 11.5 Å². The number of amides is 3. The number of nitrogens with one attached hydrogen (secondary N) is 2. The largest absolute Gasteiger partial charge is 0.326 e. The van der Waals surface area contributed by atoms with Crippen LogP contribution in [0.15, 0.2) is 66.9 Å². The predicted molar refractivity (Wildman–Crippen MR) is 139 cm³/mol. The van der Waals surface area contributed by atoms with Crippen molar-refractivity contribution in [3.8, 4) is 0 Å². The molecule has 2 aliphatic carbocycles. The third kappa shape index (κ3) is 3.48. The lowest BCUT2D eigenvalue weighted by Gasteiger charge is -2.39. The summed E-state index contributed by atoms with van der Waals surface area (Å²) in [4.78, 5) is 45.7. The van der Waals surface area contributed by atoms with Crippen LogP contribution in [0.25, 0.3) is 0 Å². The molecule has 0 unspecified atom stereocenters. The first-order valence-corrected chi connectivity index (χ1v) is 13.0. The Bertz CT molecular complexity index is 1450. The van der Waals surface area contributed by atoms with E-state index >= 15 is 0 Å². The maximum absolute atomic E-state index is 13.4. The summed E-state index contributed by atoms with van der Waals surface area (Å²) in [6.45, 7) is 0.0304. The molecule has 186 valence electrons. The Morgan fingerprint density at radius 3 is 2.62 bits per heavy atom. The second kappa shape index (κ2) is 8.00. The number of nitrogens with zero attached hydrogens (tertiary/aromatic N) is 2. The molecule has 3 heterocycles. The highest BCUT2D eigenvalue weighted by atomic mass is 16.2. The number of hydrogen-bond acceptors (Lipinski definition) is 4. The molecule has 7 heteroatoms. The fraction of sp³-hybridized carbons (Fsp3) is 0.333. The summed E-state index contributed by atoms with van der Waals surface area (Å²) in [6.07, 6.45) is 6.48. The third-order valence-corrected chi connectivity index (χ3v) is 8.80. The highest BCUT2D eigenvalue weighted by Gasteiger charge is 2.55. The molecule has 3 amide bonds. The van der Waals surface area contributed by atoms with Crippen molar-refractivity contribution in [2.24, 2.45) is 5.41 Å². The number of piperidine rings is 1. The molecule has 2 aliphatic heterocycles. The van der Waals surface area contributed by atoms with Gasteiger partial charge in [-0.1, -0.05) is 42.5 Å². The fourth-order valence-electron chi connectivity index (χ4n) is 6.64. The first-order valence-electron chi connectivity index (χ1n) is 13.0. The Kier molecular flexibility index (Phi) is 4.80.